The van der Waals surface area contributed by atoms with Gasteiger partial charge in [-0.05, 0) is 20.8 Å². The molecule has 1 aliphatic heterocycles. The van der Waals surface area contributed by atoms with Crippen molar-refractivity contribution in [2.75, 3.05) is 26.8 Å². The molecule has 4 unspecified atom stereocenters. The lowest BCUT2D eigenvalue weighted by molar-refractivity contribution is -0.0704. The molecule has 0 aromatic heterocycles. The highest BCUT2D eigenvalue weighted by atomic mass is 16.5. The van der Waals surface area contributed by atoms with Gasteiger partial charge in [-0.15, -0.1) is 0 Å². The maximum absolute atomic E-state index is 5.86. The zero-order chi connectivity index (χ0) is 11.4. The minimum absolute atomic E-state index is 0.0952. The summed E-state index contributed by atoms with van der Waals surface area (Å²) < 4.78 is 11.0. The zero-order valence-electron chi connectivity index (χ0n) is 10.3. The van der Waals surface area contributed by atoms with Gasteiger partial charge in [0.1, 0.15) is 0 Å². The monoisotopic (exact) mass is 216 g/mol. The largest absolute Gasteiger partial charge is 0.380 e. The second kappa shape index (κ2) is 5.80. The Balaban J connectivity index is 2.48. The van der Waals surface area contributed by atoms with Gasteiger partial charge in [-0.25, -0.2) is 0 Å². The normalized spacial score (nSPS) is 29.8. The van der Waals surface area contributed by atoms with Crippen molar-refractivity contribution >= 4 is 0 Å². The molecule has 1 saturated heterocycles. The van der Waals surface area contributed by atoms with E-state index in [-0.39, 0.29) is 18.2 Å². The fourth-order valence-corrected chi connectivity index (χ4v) is 1.88. The van der Waals surface area contributed by atoms with Crippen LogP contribution in [-0.2, 0) is 9.47 Å². The third kappa shape index (κ3) is 3.41. The summed E-state index contributed by atoms with van der Waals surface area (Å²) in [6, 6.07) is 0.512. The van der Waals surface area contributed by atoms with E-state index < -0.39 is 0 Å². The van der Waals surface area contributed by atoms with Crippen molar-refractivity contribution in [3.8, 4) is 0 Å². The van der Waals surface area contributed by atoms with Crippen molar-refractivity contribution in [2.45, 2.75) is 45.1 Å². The van der Waals surface area contributed by atoms with Crippen LogP contribution >= 0.6 is 0 Å². The molecule has 15 heavy (non-hydrogen) atoms. The van der Waals surface area contributed by atoms with Crippen LogP contribution in [0.1, 0.15) is 20.8 Å². The van der Waals surface area contributed by atoms with E-state index in [1.165, 1.54) is 0 Å². The van der Waals surface area contributed by atoms with Gasteiger partial charge in [0.2, 0.25) is 0 Å². The predicted octanol–water partition coefficient (Wildman–Crippen LogP) is 0.458. The third-order valence-corrected chi connectivity index (χ3v) is 3.34. The molecule has 2 N–H and O–H groups in total. The zero-order valence-corrected chi connectivity index (χ0v) is 10.3. The second-order valence-corrected chi connectivity index (χ2v) is 4.44. The maximum Gasteiger partial charge on any atom is 0.0850 e. The van der Waals surface area contributed by atoms with Crippen molar-refractivity contribution in [1.29, 1.82) is 0 Å². The van der Waals surface area contributed by atoms with E-state index in [0.717, 1.165) is 19.7 Å². The van der Waals surface area contributed by atoms with Crippen LogP contribution in [0.4, 0.5) is 0 Å². The molecule has 0 amide bonds. The van der Waals surface area contributed by atoms with Crippen LogP contribution in [0.3, 0.4) is 0 Å². The molecule has 0 spiro atoms. The van der Waals surface area contributed by atoms with E-state index in [1.54, 1.807) is 7.11 Å². The molecule has 4 atom stereocenters. The van der Waals surface area contributed by atoms with Gasteiger partial charge in [-0.3, -0.25) is 4.90 Å². The van der Waals surface area contributed by atoms with E-state index in [2.05, 4.69) is 18.7 Å². The fourth-order valence-electron chi connectivity index (χ4n) is 1.88. The molecule has 0 aromatic carbocycles. The molecule has 4 heteroatoms. The summed E-state index contributed by atoms with van der Waals surface area (Å²) in [5, 5.41) is 0. The van der Waals surface area contributed by atoms with Crippen LogP contribution in [0.5, 0.6) is 0 Å². The summed E-state index contributed by atoms with van der Waals surface area (Å²) in [5.41, 5.74) is 5.86. The molecular formula is C11H24N2O2. The van der Waals surface area contributed by atoms with E-state index in [9.17, 15) is 0 Å². The van der Waals surface area contributed by atoms with Crippen LogP contribution in [0, 0.1) is 0 Å². The smallest absolute Gasteiger partial charge is 0.0850 e. The topological polar surface area (TPSA) is 47.7 Å². The molecule has 90 valence electrons. The second-order valence-electron chi connectivity index (χ2n) is 4.44. The standard InChI is InChI=1S/C11H24N2O2/c1-8(12)11-7-13(5-6-15-11)9(2)10(3)14-4/h8-11H,5-7,12H2,1-4H3. The van der Waals surface area contributed by atoms with Gasteiger partial charge in [-0.1, -0.05) is 0 Å². The highest BCUT2D eigenvalue weighted by molar-refractivity contribution is 4.82. The summed E-state index contributed by atoms with van der Waals surface area (Å²) in [7, 11) is 1.75. The minimum Gasteiger partial charge on any atom is -0.380 e. The Hall–Kier alpha value is -0.160. The number of nitrogens with zero attached hydrogens (tertiary/aromatic N) is 1. The molecule has 0 radical (unpaired) electrons. The molecule has 1 fully saturated rings. The highest BCUT2D eigenvalue weighted by Gasteiger charge is 2.28. The Morgan fingerprint density at radius 2 is 2.07 bits per heavy atom. The Bertz CT molecular complexity index is 187. The predicted molar refractivity (Wildman–Crippen MR) is 60.9 cm³/mol. The van der Waals surface area contributed by atoms with Crippen LogP contribution in [-0.4, -0.2) is 56.0 Å². The molecule has 1 rings (SSSR count). The van der Waals surface area contributed by atoms with Gasteiger partial charge in [0.25, 0.3) is 0 Å². The summed E-state index contributed by atoms with van der Waals surface area (Å²) in [4.78, 5) is 2.39. The van der Waals surface area contributed by atoms with Crippen LogP contribution < -0.4 is 5.73 Å². The van der Waals surface area contributed by atoms with Gasteiger partial charge in [0.15, 0.2) is 0 Å². The number of methoxy groups -OCH3 is 1. The molecule has 4 nitrogen and oxygen atoms in total. The first-order valence-electron chi connectivity index (χ1n) is 5.70. The number of ether oxygens (including phenoxy) is 2. The molecular weight excluding hydrogens is 192 g/mol. The Labute approximate surface area is 92.7 Å². The van der Waals surface area contributed by atoms with Crippen molar-refractivity contribution in [3.05, 3.63) is 0 Å². The van der Waals surface area contributed by atoms with Gasteiger partial charge in [0, 0.05) is 32.3 Å². The third-order valence-electron chi connectivity index (χ3n) is 3.34. The van der Waals surface area contributed by atoms with Crippen molar-refractivity contribution in [3.63, 3.8) is 0 Å². The Morgan fingerprint density at radius 1 is 1.40 bits per heavy atom. The first-order valence-corrected chi connectivity index (χ1v) is 5.70. The fraction of sp³-hybridized carbons (Fsp3) is 1.00. The average Bonchev–Trinajstić information content (AvgIpc) is 2.27. The molecule has 1 aliphatic rings. The number of morpholine rings is 1. The van der Waals surface area contributed by atoms with Gasteiger partial charge < -0.3 is 15.2 Å². The summed E-state index contributed by atoms with van der Waals surface area (Å²) in [6.45, 7) is 8.94. The summed E-state index contributed by atoms with van der Waals surface area (Å²) >= 11 is 0. The highest BCUT2D eigenvalue weighted by Crippen LogP contribution is 2.14. The number of nitrogens with two attached hydrogens (primary N) is 1. The number of hydrogen-bond acceptors (Lipinski definition) is 4. The summed E-state index contributed by atoms with van der Waals surface area (Å²) in [6.07, 6.45) is 0.405. The van der Waals surface area contributed by atoms with Gasteiger partial charge >= 0.3 is 0 Å². The van der Waals surface area contributed by atoms with Crippen molar-refractivity contribution < 1.29 is 9.47 Å². The van der Waals surface area contributed by atoms with Crippen LogP contribution in [0.15, 0.2) is 0 Å². The van der Waals surface area contributed by atoms with Crippen LogP contribution in [0.25, 0.3) is 0 Å². The van der Waals surface area contributed by atoms with Crippen molar-refractivity contribution in [2.24, 2.45) is 5.73 Å². The lowest BCUT2D eigenvalue weighted by atomic mass is 10.1. The molecule has 0 aliphatic carbocycles. The maximum atomic E-state index is 5.86. The van der Waals surface area contributed by atoms with Crippen molar-refractivity contribution in [1.82, 2.24) is 4.90 Å². The molecule has 0 saturated carbocycles. The van der Waals surface area contributed by atoms with E-state index in [4.69, 9.17) is 15.2 Å². The van der Waals surface area contributed by atoms with E-state index in [1.807, 2.05) is 6.92 Å². The Kier molecular flexibility index (Phi) is 4.99. The average molecular weight is 216 g/mol. The number of rotatable bonds is 4. The van der Waals surface area contributed by atoms with Gasteiger partial charge in [-0.2, -0.15) is 0 Å². The van der Waals surface area contributed by atoms with Gasteiger partial charge in [0.05, 0.1) is 18.8 Å². The van der Waals surface area contributed by atoms with E-state index >= 15 is 0 Å². The molecule has 0 bridgehead atoms. The van der Waals surface area contributed by atoms with Crippen LogP contribution in [0.2, 0.25) is 0 Å². The lowest BCUT2D eigenvalue weighted by Gasteiger charge is -2.39. The minimum atomic E-state index is 0.0952. The quantitative estimate of drug-likeness (QED) is 0.741. The number of hydrogen-bond donors (Lipinski definition) is 1. The van der Waals surface area contributed by atoms with E-state index in [0.29, 0.717) is 6.04 Å². The Morgan fingerprint density at radius 3 is 2.60 bits per heavy atom. The first-order chi connectivity index (χ1) is 7.06. The SMILES string of the molecule is COC(C)C(C)N1CCOC(C(C)N)C1. The molecule has 1 heterocycles. The first kappa shape index (κ1) is 12.9. The lowest BCUT2D eigenvalue weighted by Crippen LogP contribution is -2.54. The molecule has 0 aromatic rings. The summed E-state index contributed by atoms with van der Waals surface area (Å²) in [5.74, 6) is 0.